The van der Waals surface area contributed by atoms with Crippen LogP contribution in [0.4, 0.5) is 0 Å². The molecule has 3 nitrogen and oxygen atoms in total. The number of aryl methyl sites for hydroxylation is 1. The average molecular weight is 196 g/mol. The van der Waals surface area contributed by atoms with Gasteiger partial charge in [-0.1, -0.05) is 0 Å². The summed E-state index contributed by atoms with van der Waals surface area (Å²) in [6, 6.07) is 1.98. The Labute approximate surface area is 84.1 Å². The summed E-state index contributed by atoms with van der Waals surface area (Å²) >= 11 is 0. The van der Waals surface area contributed by atoms with E-state index in [9.17, 15) is 4.79 Å². The Kier molecular flexibility index (Phi) is 4.83. The van der Waals surface area contributed by atoms with Crippen LogP contribution in [0.1, 0.15) is 31.7 Å². The minimum absolute atomic E-state index is 0.195. The maximum absolute atomic E-state index is 10.4. The van der Waals surface area contributed by atoms with Gasteiger partial charge in [0.1, 0.15) is 0 Å². The van der Waals surface area contributed by atoms with Crippen LogP contribution in [0.25, 0.3) is 0 Å². The predicted molar refractivity (Wildman–Crippen MR) is 52.9 cm³/mol. The lowest BCUT2D eigenvalue weighted by Gasteiger charge is -2.00. The topological polar surface area (TPSA) is 39.4 Å². The Bertz CT molecular complexity index is 252. The second-order valence-corrected chi connectivity index (χ2v) is 3.28. The van der Waals surface area contributed by atoms with Gasteiger partial charge in [-0.2, -0.15) is 0 Å². The highest BCUT2D eigenvalue weighted by Crippen LogP contribution is 2.06. The van der Waals surface area contributed by atoms with Crippen molar-refractivity contribution in [2.45, 2.75) is 32.6 Å². The average Bonchev–Trinajstić information content (AvgIpc) is 2.63. The molecule has 0 saturated carbocycles. The molecule has 0 aliphatic carbocycles. The summed E-state index contributed by atoms with van der Waals surface area (Å²) < 4.78 is 9.78. The molecule has 1 heterocycles. The van der Waals surface area contributed by atoms with Crippen LogP contribution in [0.5, 0.6) is 0 Å². The quantitative estimate of drug-likeness (QED) is 0.518. The Hall–Kier alpha value is -1.25. The molecular formula is C11H16O3. The van der Waals surface area contributed by atoms with E-state index in [0.29, 0.717) is 6.61 Å². The summed E-state index contributed by atoms with van der Waals surface area (Å²) in [5.41, 5.74) is 1.23. The summed E-state index contributed by atoms with van der Waals surface area (Å²) in [5.74, 6) is -0.195. The zero-order chi connectivity index (χ0) is 10.2. The van der Waals surface area contributed by atoms with Crippen molar-refractivity contribution in [2.75, 3.05) is 6.61 Å². The summed E-state index contributed by atoms with van der Waals surface area (Å²) in [4.78, 5) is 10.4. The Balaban J connectivity index is 1.92. The molecule has 0 bridgehead atoms. The number of rotatable bonds is 6. The van der Waals surface area contributed by atoms with Gasteiger partial charge in [-0.15, -0.1) is 0 Å². The Morgan fingerprint density at radius 3 is 2.93 bits per heavy atom. The maximum atomic E-state index is 10.4. The van der Waals surface area contributed by atoms with Crippen molar-refractivity contribution in [1.82, 2.24) is 0 Å². The molecule has 0 amide bonds. The Morgan fingerprint density at radius 2 is 2.29 bits per heavy atom. The van der Waals surface area contributed by atoms with E-state index < -0.39 is 0 Å². The molecule has 78 valence electrons. The van der Waals surface area contributed by atoms with Crippen molar-refractivity contribution in [3.63, 3.8) is 0 Å². The van der Waals surface area contributed by atoms with E-state index >= 15 is 0 Å². The summed E-state index contributed by atoms with van der Waals surface area (Å²) in [6.45, 7) is 1.98. The second-order valence-electron chi connectivity index (χ2n) is 3.28. The first-order chi connectivity index (χ1) is 6.79. The lowest BCUT2D eigenvalue weighted by Crippen LogP contribution is -2.00. The molecule has 14 heavy (non-hydrogen) atoms. The van der Waals surface area contributed by atoms with Gasteiger partial charge in [0.25, 0.3) is 0 Å². The van der Waals surface area contributed by atoms with E-state index in [2.05, 4.69) is 0 Å². The molecule has 3 heteroatoms. The largest absolute Gasteiger partial charge is 0.472 e. The lowest BCUT2D eigenvalue weighted by molar-refractivity contribution is -0.141. The number of unbranched alkanes of at least 4 members (excludes halogenated alkanes) is 2. The molecule has 0 saturated heterocycles. The van der Waals surface area contributed by atoms with Crippen LogP contribution in [0, 0.1) is 0 Å². The van der Waals surface area contributed by atoms with Gasteiger partial charge in [0.05, 0.1) is 19.1 Å². The first-order valence-corrected chi connectivity index (χ1v) is 4.93. The van der Waals surface area contributed by atoms with Crippen LogP contribution in [0.3, 0.4) is 0 Å². The number of carbonyl (C=O) groups is 1. The molecule has 1 rings (SSSR count). The molecule has 0 aromatic carbocycles. The van der Waals surface area contributed by atoms with Crippen LogP contribution in [-0.2, 0) is 16.0 Å². The first-order valence-electron chi connectivity index (χ1n) is 4.93. The SMILES string of the molecule is CC(=O)OCCCCCc1ccoc1. The van der Waals surface area contributed by atoms with Crippen LogP contribution >= 0.6 is 0 Å². The molecule has 0 atom stereocenters. The molecule has 0 fully saturated rings. The zero-order valence-corrected chi connectivity index (χ0v) is 8.49. The van der Waals surface area contributed by atoms with E-state index in [4.69, 9.17) is 9.15 Å². The standard InChI is InChI=1S/C11H16O3/c1-10(12)14-7-4-2-3-5-11-6-8-13-9-11/h6,8-9H,2-5,7H2,1H3. The van der Waals surface area contributed by atoms with E-state index in [1.165, 1.54) is 12.5 Å². The van der Waals surface area contributed by atoms with Crippen LogP contribution < -0.4 is 0 Å². The van der Waals surface area contributed by atoms with Gasteiger partial charge >= 0.3 is 5.97 Å². The highest BCUT2D eigenvalue weighted by Gasteiger charge is 1.96. The number of furan rings is 1. The molecule has 0 radical (unpaired) electrons. The number of carbonyl (C=O) groups excluding carboxylic acids is 1. The van der Waals surface area contributed by atoms with Gasteiger partial charge in [0.2, 0.25) is 0 Å². The molecule has 0 N–H and O–H groups in total. The third-order valence-corrected chi connectivity index (χ3v) is 2.00. The number of hydrogen-bond acceptors (Lipinski definition) is 3. The number of esters is 1. The number of ether oxygens (including phenoxy) is 1. The van der Waals surface area contributed by atoms with Crippen molar-refractivity contribution in [3.05, 3.63) is 24.2 Å². The van der Waals surface area contributed by atoms with Crippen molar-refractivity contribution in [3.8, 4) is 0 Å². The fourth-order valence-electron chi connectivity index (χ4n) is 1.26. The smallest absolute Gasteiger partial charge is 0.302 e. The van der Waals surface area contributed by atoms with Crippen molar-refractivity contribution in [1.29, 1.82) is 0 Å². The van der Waals surface area contributed by atoms with Gasteiger partial charge in [0, 0.05) is 6.92 Å². The minimum Gasteiger partial charge on any atom is -0.472 e. The highest BCUT2D eigenvalue weighted by atomic mass is 16.5. The van der Waals surface area contributed by atoms with E-state index in [0.717, 1.165) is 25.7 Å². The summed E-state index contributed by atoms with van der Waals surface area (Å²) in [6.07, 6.45) is 7.63. The van der Waals surface area contributed by atoms with Crippen molar-refractivity contribution in [2.24, 2.45) is 0 Å². The van der Waals surface area contributed by atoms with Crippen LogP contribution in [-0.4, -0.2) is 12.6 Å². The van der Waals surface area contributed by atoms with Gasteiger partial charge < -0.3 is 9.15 Å². The Morgan fingerprint density at radius 1 is 1.43 bits per heavy atom. The first kappa shape index (κ1) is 10.8. The van der Waals surface area contributed by atoms with E-state index in [1.54, 1.807) is 12.5 Å². The summed E-state index contributed by atoms with van der Waals surface area (Å²) in [5, 5.41) is 0. The predicted octanol–water partition coefficient (Wildman–Crippen LogP) is 2.56. The normalized spacial score (nSPS) is 10.1. The summed E-state index contributed by atoms with van der Waals surface area (Å²) in [7, 11) is 0. The zero-order valence-electron chi connectivity index (χ0n) is 8.49. The van der Waals surface area contributed by atoms with Gasteiger partial charge in [-0.3, -0.25) is 4.79 Å². The highest BCUT2D eigenvalue weighted by molar-refractivity contribution is 5.65. The minimum atomic E-state index is -0.195. The molecule has 0 aliphatic rings. The van der Waals surface area contributed by atoms with Crippen molar-refractivity contribution >= 4 is 5.97 Å². The monoisotopic (exact) mass is 196 g/mol. The second kappa shape index (κ2) is 6.24. The fourth-order valence-corrected chi connectivity index (χ4v) is 1.26. The molecule has 0 aliphatic heterocycles. The number of hydrogen-bond donors (Lipinski definition) is 0. The van der Waals surface area contributed by atoms with Gasteiger partial charge in [-0.25, -0.2) is 0 Å². The van der Waals surface area contributed by atoms with Gasteiger partial charge in [0.15, 0.2) is 0 Å². The molecule has 0 unspecified atom stereocenters. The van der Waals surface area contributed by atoms with Crippen LogP contribution in [0.15, 0.2) is 23.0 Å². The molecule has 0 spiro atoms. The van der Waals surface area contributed by atoms with E-state index in [-0.39, 0.29) is 5.97 Å². The third kappa shape index (κ3) is 4.70. The van der Waals surface area contributed by atoms with E-state index in [1.807, 2.05) is 6.07 Å². The van der Waals surface area contributed by atoms with Gasteiger partial charge in [-0.05, 0) is 37.3 Å². The molecule has 1 aromatic heterocycles. The maximum Gasteiger partial charge on any atom is 0.302 e. The van der Waals surface area contributed by atoms with Crippen LogP contribution in [0.2, 0.25) is 0 Å². The fraction of sp³-hybridized carbons (Fsp3) is 0.545. The molecule has 1 aromatic rings. The lowest BCUT2D eigenvalue weighted by atomic mass is 10.1. The molecular weight excluding hydrogens is 180 g/mol. The third-order valence-electron chi connectivity index (χ3n) is 2.00. The van der Waals surface area contributed by atoms with Crippen molar-refractivity contribution < 1.29 is 13.9 Å².